The molecule has 0 unspecified atom stereocenters. The number of halogens is 1. The fourth-order valence-electron chi connectivity index (χ4n) is 4.44. The number of rotatable bonds is 7. The van der Waals surface area contributed by atoms with Crippen molar-refractivity contribution in [2.24, 2.45) is 4.99 Å². The van der Waals surface area contributed by atoms with E-state index in [1.165, 1.54) is 11.3 Å². The number of fused-ring (bicyclic) bond motifs is 2. The molecule has 0 saturated carbocycles. The molecule has 192 valence electrons. The summed E-state index contributed by atoms with van der Waals surface area (Å²) in [6.07, 6.45) is 3.10. The van der Waals surface area contributed by atoms with Gasteiger partial charge in [-0.25, -0.2) is 9.79 Å². The van der Waals surface area contributed by atoms with Crippen molar-refractivity contribution in [2.75, 3.05) is 20.5 Å². The van der Waals surface area contributed by atoms with Crippen LogP contribution in [0.5, 0.6) is 17.2 Å². The largest absolute Gasteiger partial charge is 0.495 e. The molecular formula is C27H25ClN2O6S. The number of carbonyl (C=O) groups excluding carboxylic acids is 1. The molecule has 0 N–H and O–H groups in total. The Morgan fingerprint density at radius 3 is 2.76 bits per heavy atom. The minimum atomic E-state index is -0.729. The van der Waals surface area contributed by atoms with Crippen molar-refractivity contribution in [1.82, 2.24) is 4.57 Å². The summed E-state index contributed by atoms with van der Waals surface area (Å²) >= 11 is 7.57. The van der Waals surface area contributed by atoms with E-state index in [4.69, 9.17) is 35.5 Å². The van der Waals surface area contributed by atoms with Gasteiger partial charge in [-0.15, -0.1) is 0 Å². The normalized spacial score (nSPS) is 16.4. The van der Waals surface area contributed by atoms with Crippen molar-refractivity contribution < 1.29 is 23.7 Å². The summed E-state index contributed by atoms with van der Waals surface area (Å²) < 4.78 is 23.7. The van der Waals surface area contributed by atoms with Crippen LogP contribution in [-0.2, 0) is 9.53 Å². The highest BCUT2D eigenvalue weighted by Crippen LogP contribution is 2.39. The SMILES string of the molecule is CCCC1=C(C(=O)OCC)[C@@H](c2ccc3c(c2)OCO3)n2c(s/c(=C/c3ccc(OC)c(Cl)c3)c2=O)=N1. The zero-order valence-corrected chi connectivity index (χ0v) is 22.1. The summed E-state index contributed by atoms with van der Waals surface area (Å²) in [7, 11) is 1.55. The Kier molecular flexibility index (Phi) is 7.08. The van der Waals surface area contributed by atoms with E-state index in [0.717, 1.165) is 12.0 Å². The Labute approximate surface area is 222 Å². The molecule has 3 heterocycles. The number of esters is 1. The molecule has 0 radical (unpaired) electrons. The van der Waals surface area contributed by atoms with Gasteiger partial charge in [-0.3, -0.25) is 9.36 Å². The van der Waals surface area contributed by atoms with Crippen LogP contribution in [0.1, 0.15) is 43.9 Å². The van der Waals surface area contributed by atoms with Gasteiger partial charge < -0.3 is 18.9 Å². The number of aromatic nitrogens is 1. The first-order chi connectivity index (χ1) is 17.9. The van der Waals surface area contributed by atoms with Crippen LogP contribution in [0.25, 0.3) is 6.08 Å². The van der Waals surface area contributed by atoms with E-state index in [1.807, 2.05) is 25.1 Å². The van der Waals surface area contributed by atoms with Gasteiger partial charge in [0.05, 0.1) is 40.6 Å². The summed E-state index contributed by atoms with van der Waals surface area (Å²) in [4.78, 5) is 32.4. The third-order valence-corrected chi connectivity index (χ3v) is 7.36. The van der Waals surface area contributed by atoms with Gasteiger partial charge in [0.2, 0.25) is 6.79 Å². The number of allylic oxidation sites excluding steroid dienone is 1. The monoisotopic (exact) mass is 540 g/mol. The quantitative estimate of drug-likeness (QED) is 0.421. The van der Waals surface area contributed by atoms with E-state index < -0.39 is 12.0 Å². The van der Waals surface area contributed by atoms with Crippen molar-refractivity contribution in [3.8, 4) is 17.2 Å². The van der Waals surface area contributed by atoms with Gasteiger partial charge in [0.15, 0.2) is 16.3 Å². The summed E-state index contributed by atoms with van der Waals surface area (Å²) in [6, 6.07) is 10.0. The van der Waals surface area contributed by atoms with Gasteiger partial charge in [0.1, 0.15) is 5.75 Å². The molecule has 3 aromatic rings. The molecule has 0 saturated heterocycles. The maximum absolute atomic E-state index is 13.8. The van der Waals surface area contributed by atoms with Crippen molar-refractivity contribution in [3.63, 3.8) is 0 Å². The Morgan fingerprint density at radius 1 is 1.22 bits per heavy atom. The van der Waals surface area contributed by atoms with E-state index in [-0.39, 0.29) is 19.0 Å². The number of benzene rings is 2. The molecule has 2 aliphatic heterocycles. The third-order valence-electron chi connectivity index (χ3n) is 6.08. The number of hydrogen-bond donors (Lipinski definition) is 0. The van der Waals surface area contributed by atoms with Crippen molar-refractivity contribution in [3.05, 3.63) is 83.5 Å². The molecular weight excluding hydrogens is 516 g/mol. The molecule has 2 aliphatic rings. The van der Waals surface area contributed by atoms with Crippen LogP contribution in [0.2, 0.25) is 5.02 Å². The third kappa shape index (κ3) is 4.65. The van der Waals surface area contributed by atoms with Crippen LogP contribution in [0, 0.1) is 0 Å². The smallest absolute Gasteiger partial charge is 0.338 e. The molecule has 10 heteroatoms. The number of nitrogens with zero attached hydrogens (tertiary/aromatic N) is 2. The average Bonchev–Trinajstić information content (AvgIpc) is 3.47. The standard InChI is InChI=1S/C27H25ClN2O6S/c1-4-6-18-23(26(32)34-5-2)24(16-8-10-20-21(13-16)36-14-35-20)30-25(31)22(37-27(30)29-18)12-15-7-9-19(33-3)17(28)11-15/h7-13,24H,4-6,14H2,1-3H3/b22-12+/t24-/m1/s1. The van der Waals surface area contributed by atoms with Crippen LogP contribution in [-0.4, -0.2) is 31.0 Å². The summed E-state index contributed by atoms with van der Waals surface area (Å²) in [5, 5.41) is 0.442. The number of carbonyl (C=O) groups is 1. The maximum Gasteiger partial charge on any atom is 0.338 e. The second-order valence-corrected chi connectivity index (χ2v) is 9.84. The zero-order valence-electron chi connectivity index (χ0n) is 20.6. The molecule has 0 bridgehead atoms. The van der Waals surface area contributed by atoms with Crippen LogP contribution in [0.3, 0.4) is 0 Å². The highest BCUT2D eigenvalue weighted by molar-refractivity contribution is 7.07. The minimum Gasteiger partial charge on any atom is -0.495 e. The molecule has 0 aliphatic carbocycles. The van der Waals surface area contributed by atoms with Crippen LogP contribution in [0.4, 0.5) is 0 Å². The Balaban J connectivity index is 1.73. The van der Waals surface area contributed by atoms with Crippen LogP contribution >= 0.6 is 22.9 Å². The summed E-state index contributed by atoms with van der Waals surface area (Å²) in [5.74, 6) is 1.23. The molecule has 1 atom stereocenters. The van der Waals surface area contributed by atoms with Gasteiger partial charge in [-0.2, -0.15) is 0 Å². The van der Waals surface area contributed by atoms with E-state index in [1.54, 1.807) is 42.9 Å². The Morgan fingerprint density at radius 2 is 2.03 bits per heavy atom. The minimum absolute atomic E-state index is 0.119. The zero-order chi connectivity index (χ0) is 26.1. The fraction of sp³-hybridized carbons (Fsp3) is 0.296. The Hall–Kier alpha value is -3.56. The van der Waals surface area contributed by atoms with E-state index in [9.17, 15) is 9.59 Å². The summed E-state index contributed by atoms with van der Waals surface area (Å²) in [5.41, 5.74) is 2.15. The molecule has 5 rings (SSSR count). The first-order valence-corrected chi connectivity index (χ1v) is 13.1. The molecule has 0 spiro atoms. The number of ether oxygens (including phenoxy) is 4. The second kappa shape index (κ2) is 10.4. The maximum atomic E-state index is 13.8. The molecule has 0 fully saturated rings. The van der Waals surface area contributed by atoms with Gasteiger partial charge in [-0.05, 0) is 54.8 Å². The van der Waals surface area contributed by atoms with Crippen molar-refractivity contribution in [2.45, 2.75) is 32.7 Å². The lowest BCUT2D eigenvalue weighted by molar-refractivity contribution is -0.139. The number of methoxy groups -OCH3 is 1. The first kappa shape index (κ1) is 25.1. The van der Waals surface area contributed by atoms with Gasteiger partial charge in [-0.1, -0.05) is 48.4 Å². The lowest BCUT2D eigenvalue weighted by Gasteiger charge is -2.25. The van der Waals surface area contributed by atoms with Gasteiger partial charge in [0.25, 0.3) is 5.56 Å². The molecule has 37 heavy (non-hydrogen) atoms. The highest BCUT2D eigenvalue weighted by atomic mass is 35.5. The van der Waals surface area contributed by atoms with Crippen LogP contribution in [0.15, 0.2) is 57.5 Å². The predicted octanol–water partition coefficient (Wildman–Crippen LogP) is 3.97. The molecule has 2 aromatic carbocycles. The average molecular weight is 541 g/mol. The topological polar surface area (TPSA) is 88.4 Å². The first-order valence-electron chi connectivity index (χ1n) is 11.9. The lowest BCUT2D eigenvalue weighted by atomic mass is 9.94. The van der Waals surface area contributed by atoms with E-state index >= 15 is 0 Å². The number of hydrogen-bond acceptors (Lipinski definition) is 8. The van der Waals surface area contributed by atoms with E-state index in [2.05, 4.69) is 0 Å². The highest BCUT2D eigenvalue weighted by Gasteiger charge is 2.35. The van der Waals surface area contributed by atoms with E-state index in [0.29, 0.717) is 54.9 Å². The second-order valence-electron chi connectivity index (χ2n) is 8.42. The predicted molar refractivity (Wildman–Crippen MR) is 140 cm³/mol. The molecule has 0 amide bonds. The number of thiazole rings is 1. The molecule has 1 aromatic heterocycles. The molecule has 8 nitrogen and oxygen atoms in total. The van der Waals surface area contributed by atoms with Gasteiger partial charge >= 0.3 is 5.97 Å². The van der Waals surface area contributed by atoms with Crippen molar-refractivity contribution in [1.29, 1.82) is 0 Å². The van der Waals surface area contributed by atoms with Crippen molar-refractivity contribution >= 4 is 35.0 Å². The fourth-order valence-corrected chi connectivity index (χ4v) is 5.73. The lowest BCUT2D eigenvalue weighted by Crippen LogP contribution is -2.40. The van der Waals surface area contributed by atoms with Crippen LogP contribution < -0.4 is 29.1 Å². The van der Waals surface area contributed by atoms with Gasteiger partial charge in [0, 0.05) is 0 Å². The summed E-state index contributed by atoms with van der Waals surface area (Å²) in [6.45, 7) is 4.10. The Bertz CT molecular complexity index is 1590.